The number of rotatable bonds is 5. The van der Waals surface area contributed by atoms with Crippen LogP contribution in [0.1, 0.15) is 31.7 Å². The van der Waals surface area contributed by atoms with Crippen molar-refractivity contribution in [3.63, 3.8) is 0 Å². The first-order chi connectivity index (χ1) is 11.0. The molecule has 1 aromatic carbocycles. The summed E-state index contributed by atoms with van der Waals surface area (Å²) in [5, 5.41) is 2.93. The number of hydrogen-bond acceptors (Lipinski definition) is 2. The molecule has 1 unspecified atom stereocenters. The fourth-order valence-corrected chi connectivity index (χ4v) is 3.24. The van der Waals surface area contributed by atoms with E-state index in [4.69, 9.17) is 0 Å². The molecule has 0 aliphatic carbocycles. The quantitative estimate of drug-likeness (QED) is 0.848. The van der Waals surface area contributed by atoms with Gasteiger partial charge in [-0.25, -0.2) is 4.39 Å². The van der Waals surface area contributed by atoms with Gasteiger partial charge in [0.15, 0.2) is 0 Å². The Labute approximate surface area is 144 Å². The third-order valence-corrected chi connectivity index (χ3v) is 4.75. The molecule has 1 aromatic rings. The molecule has 4 nitrogen and oxygen atoms in total. The number of carbonyl (C=O) groups excluding carboxylic acids is 2. The minimum absolute atomic E-state index is 0.000203. The van der Waals surface area contributed by atoms with E-state index in [1.165, 1.54) is 6.07 Å². The highest BCUT2D eigenvalue weighted by molar-refractivity contribution is 9.10. The molecule has 1 aliphatic rings. The Kier molecular flexibility index (Phi) is 6.57. The first-order valence-electron chi connectivity index (χ1n) is 8.00. The van der Waals surface area contributed by atoms with Crippen LogP contribution in [0.15, 0.2) is 22.7 Å². The summed E-state index contributed by atoms with van der Waals surface area (Å²) in [4.78, 5) is 25.8. The molecule has 6 heteroatoms. The molecule has 1 saturated heterocycles. The van der Waals surface area contributed by atoms with Crippen LogP contribution in [-0.4, -0.2) is 36.3 Å². The highest BCUT2D eigenvalue weighted by Crippen LogP contribution is 2.18. The van der Waals surface area contributed by atoms with Gasteiger partial charge in [-0.15, -0.1) is 0 Å². The molecule has 2 amide bonds. The molecule has 1 fully saturated rings. The predicted octanol–water partition coefficient (Wildman–Crippen LogP) is 2.90. The Morgan fingerprint density at radius 2 is 2.22 bits per heavy atom. The van der Waals surface area contributed by atoms with Crippen LogP contribution in [0.5, 0.6) is 0 Å². The lowest BCUT2D eigenvalue weighted by molar-refractivity contribution is -0.135. The molecule has 0 spiro atoms. The van der Waals surface area contributed by atoms with E-state index in [0.717, 1.165) is 24.9 Å². The van der Waals surface area contributed by atoms with Crippen molar-refractivity contribution < 1.29 is 14.0 Å². The fourth-order valence-electron chi connectivity index (χ4n) is 2.81. The largest absolute Gasteiger partial charge is 0.355 e. The summed E-state index contributed by atoms with van der Waals surface area (Å²) in [7, 11) is 0. The lowest BCUT2D eigenvalue weighted by atomic mass is 9.97. The zero-order valence-corrected chi connectivity index (χ0v) is 14.9. The number of benzene rings is 1. The van der Waals surface area contributed by atoms with E-state index in [2.05, 4.69) is 21.2 Å². The van der Waals surface area contributed by atoms with E-state index < -0.39 is 0 Å². The van der Waals surface area contributed by atoms with Gasteiger partial charge in [0.05, 0.1) is 10.4 Å². The highest BCUT2D eigenvalue weighted by Gasteiger charge is 2.27. The van der Waals surface area contributed by atoms with Gasteiger partial charge in [0.1, 0.15) is 5.82 Å². The van der Waals surface area contributed by atoms with Gasteiger partial charge in [0, 0.05) is 26.1 Å². The van der Waals surface area contributed by atoms with Crippen molar-refractivity contribution >= 4 is 27.7 Å². The molecule has 2 rings (SSSR count). The summed E-state index contributed by atoms with van der Waals surface area (Å²) in [6.45, 7) is 3.61. The number of halogens is 2. The molecule has 0 bridgehead atoms. The van der Waals surface area contributed by atoms with E-state index in [1.54, 1.807) is 17.0 Å². The molecule has 0 saturated carbocycles. The normalized spacial score (nSPS) is 17.9. The summed E-state index contributed by atoms with van der Waals surface area (Å²) in [5.74, 6) is -0.307. The molecule has 126 valence electrons. The van der Waals surface area contributed by atoms with Gasteiger partial charge in [0.25, 0.3) is 0 Å². The van der Waals surface area contributed by atoms with Crippen molar-refractivity contribution in [1.82, 2.24) is 10.2 Å². The molecule has 1 atom stereocenters. The number of likely N-dealkylation sites (tertiary alicyclic amines) is 1. The van der Waals surface area contributed by atoms with E-state index in [-0.39, 0.29) is 23.5 Å². The average Bonchev–Trinajstić information content (AvgIpc) is 2.57. The number of nitrogens with zero attached hydrogens (tertiary/aromatic N) is 1. The second-order valence-corrected chi connectivity index (χ2v) is 6.68. The Morgan fingerprint density at radius 1 is 1.43 bits per heavy atom. The van der Waals surface area contributed by atoms with Crippen LogP contribution in [0.2, 0.25) is 0 Å². The highest BCUT2D eigenvalue weighted by atomic mass is 79.9. The molecule has 1 heterocycles. The molecule has 0 aromatic heterocycles. The molecule has 0 radical (unpaired) electrons. The van der Waals surface area contributed by atoms with Crippen molar-refractivity contribution in [1.29, 1.82) is 0 Å². The van der Waals surface area contributed by atoms with Crippen LogP contribution < -0.4 is 5.32 Å². The topological polar surface area (TPSA) is 49.4 Å². The second kappa shape index (κ2) is 8.43. The third-order valence-electron chi connectivity index (χ3n) is 4.14. The molecule has 1 N–H and O–H groups in total. The molecule has 23 heavy (non-hydrogen) atoms. The van der Waals surface area contributed by atoms with Crippen molar-refractivity contribution in [2.75, 3.05) is 19.6 Å². The van der Waals surface area contributed by atoms with Crippen molar-refractivity contribution in [2.24, 2.45) is 5.92 Å². The number of nitrogens with one attached hydrogen (secondary N) is 1. The van der Waals surface area contributed by atoms with E-state index in [1.807, 2.05) is 6.92 Å². The summed E-state index contributed by atoms with van der Waals surface area (Å²) < 4.78 is 13.6. The lowest BCUT2D eigenvalue weighted by Crippen LogP contribution is -2.45. The summed E-state index contributed by atoms with van der Waals surface area (Å²) >= 11 is 3.16. The first-order valence-corrected chi connectivity index (χ1v) is 8.80. The van der Waals surface area contributed by atoms with Gasteiger partial charge < -0.3 is 10.2 Å². The number of piperidine rings is 1. The third kappa shape index (κ3) is 5.03. The van der Waals surface area contributed by atoms with Gasteiger partial charge in [-0.05, 0) is 52.9 Å². The summed E-state index contributed by atoms with van der Waals surface area (Å²) in [6.07, 6.45) is 2.82. The van der Waals surface area contributed by atoms with Crippen LogP contribution >= 0.6 is 15.9 Å². The number of amides is 2. The fraction of sp³-hybridized carbons (Fsp3) is 0.529. The van der Waals surface area contributed by atoms with Crippen molar-refractivity contribution in [2.45, 2.75) is 32.6 Å². The van der Waals surface area contributed by atoms with E-state index >= 15 is 0 Å². The molecule has 1 aliphatic heterocycles. The second-order valence-electron chi connectivity index (χ2n) is 5.82. The summed E-state index contributed by atoms with van der Waals surface area (Å²) in [5.41, 5.74) is 0.963. The standard InChI is InChI=1S/C17H22BrFN2O2/c1-2-16(22)21-9-3-4-13(11-21)17(23)20-8-7-12-5-6-15(19)14(18)10-12/h5-6,10,13H,2-4,7-9,11H2,1H3,(H,20,23). The van der Waals surface area contributed by atoms with Crippen LogP contribution in [0, 0.1) is 11.7 Å². The monoisotopic (exact) mass is 384 g/mol. The van der Waals surface area contributed by atoms with Gasteiger partial charge in [0.2, 0.25) is 11.8 Å². The van der Waals surface area contributed by atoms with E-state index in [9.17, 15) is 14.0 Å². The van der Waals surface area contributed by atoms with Gasteiger partial charge >= 0.3 is 0 Å². The minimum atomic E-state index is -0.291. The number of carbonyl (C=O) groups is 2. The Balaban J connectivity index is 1.80. The van der Waals surface area contributed by atoms with Crippen molar-refractivity contribution in [3.8, 4) is 0 Å². The maximum absolute atomic E-state index is 13.2. The minimum Gasteiger partial charge on any atom is -0.355 e. The van der Waals surface area contributed by atoms with Crippen LogP contribution in [0.4, 0.5) is 4.39 Å². The Bertz CT molecular complexity index is 580. The van der Waals surface area contributed by atoms with Crippen LogP contribution in [0.3, 0.4) is 0 Å². The van der Waals surface area contributed by atoms with Gasteiger partial charge in [-0.2, -0.15) is 0 Å². The van der Waals surface area contributed by atoms with E-state index in [0.29, 0.717) is 30.4 Å². The van der Waals surface area contributed by atoms with Crippen molar-refractivity contribution in [3.05, 3.63) is 34.1 Å². The molecular weight excluding hydrogens is 363 g/mol. The molecular formula is C17H22BrFN2O2. The zero-order valence-electron chi connectivity index (χ0n) is 13.3. The van der Waals surface area contributed by atoms with Gasteiger partial charge in [-0.1, -0.05) is 13.0 Å². The average molecular weight is 385 g/mol. The van der Waals surface area contributed by atoms with Crippen LogP contribution in [0.25, 0.3) is 0 Å². The predicted molar refractivity (Wildman–Crippen MR) is 90.4 cm³/mol. The maximum Gasteiger partial charge on any atom is 0.224 e. The Hall–Kier alpha value is -1.43. The SMILES string of the molecule is CCC(=O)N1CCCC(C(=O)NCCc2ccc(F)c(Br)c2)C1. The first kappa shape index (κ1) is 17.9. The number of hydrogen-bond donors (Lipinski definition) is 1. The Morgan fingerprint density at radius 3 is 2.91 bits per heavy atom. The smallest absolute Gasteiger partial charge is 0.224 e. The van der Waals surface area contributed by atoms with Gasteiger partial charge in [-0.3, -0.25) is 9.59 Å². The van der Waals surface area contributed by atoms with Crippen LogP contribution in [-0.2, 0) is 16.0 Å². The lowest BCUT2D eigenvalue weighted by Gasteiger charge is -2.31. The maximum atomic E-state index is 13.2. The zero-order chi connectivity index (χ0) is 16.8. The summed E-state index contributed by atoms with van der Waals surface area (Å²) in [6, 6.07) is 4.86.